The molecule has 12 heavy (non-hydrogen) atoms. The molecule has 0 radical (unpaired) electrons. The van der Waals surface area contributed by atoms with Crippen LogP contribution < -0.4 is 11.1 Å². The minimum Gasteiger partial charge on any atom is -0.329 e. The lowest BCUT2D eigenvalue weighted by molar-refractivity contribution is 0.452. The number of hydrogen-bond acceptors (Lipinski definition) is 2. The molecule has 3 N–H and O–H groups in total. The SMILES string of the molecule is C[C@H](CN)NCCC1CCCC1. The van der Waals surface area contributed by atoms with E-state index in [9.17, 15) is 0 Å². The van der Waals surface area contributed by atoms with Crippen molar-refractivity contribution in [2.75, 3.05) is 13.1 Å². The lowest BCUT2D eigenvalue weighted by atomic mass is 10.0. The maximum absolute atomic E-state index is 5.50. The molecule has 0 unspecified atom stereocenters. The van der Waals surface area contributed by atoms with Crippen molar-refractivity contribution in [3.8, 4) is 0 Å². The van der Waals surface area contributed by atoms with Crippen LogP contribution in [0.15, 0.2) is 0 Å². The van der Waals surface area contributed by atoms with Crippen LogP contribution in [0, 0.1) is 5.92 Å². The molecule has 2 nitrogen and oxygen atoms in total. The van der Waals surface area contributed by atoms with E-state index < -0.39 is 0 Å². The first-order valence-corrected chi connectivity index (χ1v) is 5.26. The molecule has 0 aliphatic heterocycles. The van der Waals surface area contributed by atoms with Crippen LogP contribution >= 0.6 is 0 Å². The Labute approximate surface area is 75.9 Å². The van der Waals surface area contributed by atoms with Gasteiger partial charge in [-0.05, 0) is 25.8 Å². The van der Waals surface area contributed by atoms with Gasteiger partial charge in [-0.25, -0.2) is 0 Å². The summed E-state index contributed by atoms with van der Waals surface area (Å²) in [4.78, 5) is 0. The molecule has 1 aliphatic carbocycles. The summed E-state index contributed by atoms with van der Waals surface area (Å²) >= 11 is 0. The molecule has 0 aromatic carbocycles. The summed E-state index contributed by atoms with van der Waals surface area (Å²) in [6, 6.07) is 0.492. The van der Waals surface area contributed by atoms with Crippen LogP contribution in [0.3, 0.4) is 0 Å². The smallest absolute Gasteiger partial charge is 0.0161 e. The van der Waals surface area contributed by atoms with E-state index in [1.165, 1.54) is 32.1 Å². The Morgan fingerprint density at radius 1 is 1.42 bits per heavy atom. The van der Waals surface area contributed by atoms with Crippen LogP contribution in [0.5, 0.6) is 0 Å². The molecule has 0 amide bonds. The number of nitrogens with two attached hydrogens (primary N) is 1. The average molecular weight is 170 g/mol. The Balaban J connectivity index is 1.94. The van der Waals surface area contributed by atoms with Crippen LogP contribution in [-0.2, 0) is 0 Å². The van der Waals surface area contributed by atoms with Crippen molar-refractivity contribution >= 4 is 0 Å². The molecule has 1 aliphatic rings. The van der Waals surface area contributed by atoms with E-state index >= 15 is 0 Å². The summed E-state index contributed by atoms with van der Waals surface area (Å²) in [6.07, 6.45) is 7.18. The fraction of sp³-hybridized carbons (Fsp3) is 1.00. The van der Waals surface area contributed by atoms with Gasteiger partial charge in [-0.15, -0.1) is 0 Å². The molecular weight excluding hydrogens is 148 g/mol. The molecule has 0 aromatic rings. The lowest BCUT2D eigenvalue weighted by Gasteiger charge is -2.13. The molecule has 72 valence electrons. The quantitative estimate of drug-likeness (QED) is 0.656. The van der Waals surface area contributed by atoms with Gasteiger partial charge in [-0.3, -0.25) is 0 Å². The minimum atomic E-state index is 0.492. The monoisotopic (exact) mass is 170 g/mol. The van der Waals surface area contributed by atoms with Crippen LogP contribution in [0.1, 0.15) is 39.0 Å². The highest BCUT2D eigenvalue weighted by molar-refractivity contribution is 4.69. The van der Waals surface area contributed by atoms with Gasteiger partial charge in [0, 0.05) is 12.6 Å². The maximum Gasteiger partial charge on any atom is 0.0161 e. The standard InChI is InChI=1S/C10H22N2/c1-9(8-11)12-7-6-10-4-2-3-5-10/h9-10,12H,2-8,11H2,1H3/t9-/m1/s1. The van der Waals surface area contributed by atoms with Crippen molar-refractivity contribution < 1.29 is 0 Å². The second-order valence-corrected chi connectivity index (χ2v) is 4.03. The third kappa shape index (κ3) is 3.55. The second kappa shape index (κ2) is 5.55. The van der Waals surface area contributed by atoms with Crippen LogP contribution in [0.2, 0.25) is 0 Å². The Hall–Kier alpha value is -0.0800. The molecule has 2 heteroatoms. The highest BCUT2D eigenvalue weighted by Gasteiger charge is 2.14. The van der Waals surface area contributed by atoms with E-state index in [2.05, 4.69) is 12.2 Å². The van der Waals surface area contributed by atoms with Gasteiger partial charge in [0.25, 0.3) is 0 Å². The first-order valence-electron chi connectivity index (χ1n) is 5.26. The van der Waals surface area contributed by atoms with Gasteiger partial charge >= 0.3 is 0 Å². The van der Waals surface area contributed by atoms with E-state index in [4.69, 9.17) is 5.73 Å². The second-order valence-electron chi connectivity index (χ2n) is 4.03. The predicted molar refractivity (Wildman–Crippen MR) is 53.1 cm³/mol. The minimum absolute atomic E-state index is 0.492. The van der Waals surface area contributed by atoms with Crippen molar-refractivity contribution in [3.63, 3.8) is 0 Å². The topological polar surface area (TPSA) is 38.0 Å². The van der Waals surface area contributed by atoms with Gasteiger partial charge < -0.3 is 11.1 Å². The molecular formula is C10H22N2. The molecule has 1 rings (SSSR count). The fourth-order valence-corrected chi connectivity index (χ4v) is 1.92. The van der Waals surface area contributed by atoms with E-state index in [1.54, 1.807) is 0 Å². The van der Waals surface area contributed by atoms with Gasteiger partial charge in [-0.1, -0.05) is 25.7 Å². The van der Waals surface area contributed by atoms with E-state index in [0.29, 0.717) is 6.04 Å². The fourth-order valence-electron chi connectivity index (χ4n) is 1.92. The Bertz CT molecular complexity index is 108. The number of nitrogens with one attached hydrogen (secondary N) is 1. The zero-order valence-electron chi connectivity index (χ0n) is 8.18. The van der Waals surface area contributed by atoms with E-state index in [-0.39, 0.29) is 0 Å². The van der Waals surface area contributed by atoms with Gasteiger partial charge in [0.05, 0.1) is 0 Å². The summed E-state index contributed by atoms with van der Waals surface area (Å²) < 4.78 is 0. The normalized spacial score (nSPS) is 21.5. The van der Waals surface area contributed by atoms with Crippen molar-refractivity contribution in [1.29, 1.82) is 0 Å². The van der Waals surface area contributed by atoms with Gasteiger partial charge in [-0.2, -0.15) is 0 Å². The van der Waals surface area contributed by atoms with Crippen molar-refractivity contribution in [1.82, 2.24) is 5.32 Å². The zero-order valence-corrected chi connectivity index (χ0v) is 8.18. The zero-order chi connectivity index (χ0) is 8.81. The van der Waals surface area contributed by atoms with E-state index in [0.717, 1.165) is 19.0 Å². The number of rotatable bonds is 5. The van der Waals surface area contributed by atoms with Crippen LogP contribution in [0.25, 0.3) is 0 Å². The summed E-state index contributed by atoms with van der Waals surface area (Å²) in [5.41, 5.74) is 5.50. The summed E-state index contributed by atoms with van der Waals surface area (Å²) in [7, 11) is 0. The molecule has 1 fully saturated rings. The molecule has 0 bridgehead atoms. The summed E-state index contributed by atoms with van der Waals surface area (Å²) in [5, 5.41) is 3.43. The van der Waals surface area contributed by atoms with Crippen molar-refractivity contribution in [3.05, 3.63) is 0 Å². The third-order valence-electron chi connectivity index (χ3n) is 2.87. The Morgan fingerprint density at radius 2 is 2.08 bits per heavy atom. The first kappa shape index (κ1) is 10.0. The Morgan fingerprint density at radius 3 is 2.67 bits per heavy atom. The van der Waals surface area contributed by atoms with Crippen molar-refractivity contribution in [2.24, 2.45) is 11.7 Å². The lowest BCUT2D eigenvalue weighted by Crippen LogP contribution is -2.34. The highest BCUT2D eigenvalue weighted by Crippen LogP contribution is 2.26. The average Bonchev–Trinajstić information content (AvgIpc) is 2.57. The largest absolute Gasteiger partial charge is 0.329 e. The molecule has 0 heterocycles. The molecule has 1 atom stereocenters. The van der Waals surface area contributed by atoms with E-state index in [1.807, 2.05) is 0 Å². The van der Waals surface area contributed by atoms with Gasteiger partial charge in [0.2, 0.25) is 0 Å². The first-order chi connectivity index (χ1) is 5.83. The summed E-state index contributed by atoms with van der Waals surface area (Å²) in [5.74, 6) is 1.00. The molecule has 0 spiro atoms. The van der Waals surface area contributed by atoms with Crippen LogP contribution in [-0.4, -0.2) is 19.1 Å². The number of hydrogen-bond donors (Lipinski definition) is 2. The van der Waals surface area contributed by atoms with Gasteiger partial charge in [0.1, 0.15) is 0 Å². The predicted octanol–water partition coefficient (Wildman–Crippen LogP) is 1.50. The summed E-state index contributed by atoms with van der Waals surface area (Å²) in [6.45, 7) is 4.06. The third-order valence-corrected chi connectivity index (χ3v) is 2.87. The maximum atomic E-state index is 5.50. The highest BCUT2D eigenvalue weighted by atomic mass is 14.9. The molecule has 1 saturated carbocycles. The molecule has 0 aromatic heterocycles. The van der Waals surface area contributed by atoms with Crippen LogP contribution in [0.4, 0.5) is 0 Å². The Kier molecular flexibility index (Phi) is 4.62. The van der Waals surface area contributed by atoms with Crippen molar-refractivity contribution in [2.45, 2.75) is 45.1 Å². The van der Waals surface area contributed by atoms with Gasteiger partial charge in [0.15, 0.2) is 0 Å². The molecule has 0 saturated heterocycles.